The number of hydrogen-bond donors (Lipinski definition) is 1. The topological polar surface area (TPSA) is 71.1 Å². The van der Waals surface area contributed by atoms with Gasteiger partial charge in [-0.05, 0) is 62.0 Å². The number of H-pyrrole nitrogens is 1. The number of fused-ring (bicyclic) bond motifs is 1. The molecule has 1 amide bonds. The van der Waals surface area contributed by atoms with Crippen LogP contribution in [0.2, 0.25) is 0 Å². The third-order valence-corrected chi connectivity index (χ3v) is 4.73. The number of pyridine rings is 1. The van der Waals surface area contributed by atoms with E-state index in [-0.39, 0.29) is 12.1 Å². The molecule has 2 aromatic heterocycles. The average Bonchev–Trinajstić information content (AvgIpc) is 3.07. The lowest BCUT2D eigenvalue weighted by molar-refractivity contribution is 0.0219. The number of halogens is 1. The van der Waals surface area contributed by atoms with Gasteiger partial charge in [0.15, 0.2) is 5.65 Å². The molecule has 0 aliphatic carbocycles. The minimum absolute atomic E-state index is 0.0859. The Morgan fingerprint density at radius 3 is 2.91 bits per heavy atom. The summed E-state index contributed by atoms with van der Waals surface area (Å²) in [6.07, 6.45) is 3.28. The van der Waals surface area contributed by atoms with E-state index in [1.54, 1.807) is 11.1 Å². The molecule has 1 aliphatic heterocycles. The molecule has 0 bridgehead atoms. The summed E-state index contributed by atoms with van der Waals surface area (Å²) >= 11 is 3.48. The number of carbonyl (C=O) groups excluding carboxylic acids is 1. The van der Waals surface area contributed by atoms with E-state index in [2.05, 4.69) is 30.9 Å². The molecule has 7 heteroatoms. The summed E-state index contributed by atoms with van der Waals surface area (Å²) in [5, 5.41) is 0. The van der Waals surface area contributed by atoms with Crippen LogP contribution in [0.5, 0.6) is 0 Å². The molecule has 1 N–H and O–H groups in total. The molecule has 0 spiro atoms. The maximum atomic E-state index is 12.4. The Labute approximate surface area is 143 Å². The van der Waals surface area contributed by atoms with Crippen LogP contribution in [0.4, 0.5) is 4.79 Å². The fourth-order valence-corrected chi connectivity index (χ4v) is 3.12. The van der Waals surface area contributed by atoms with Gasteiger partial charge in [0.2, 0.25) is 0 Å². The lowest BCUT2D eigenvalue weighted by Crippen LogP contribution is -2.36. The van der Waals surface area contributed by atoms with Crippen molar-refractivity contribution in [2.24, 2.45) is 0 Å². The van der Waals surface area contributed by atoms with Crippen LogP contribution in [-0.2, 0) is 4.74 Å². The Morgan fingerprint density at radius 2 is 2.22 bits per heavy atom. The lowest BCUT2D eigenvalue weighted by atomic mass is 10.2. The van der Waals surface area contributed by atoms with Crippen molar-refractivity contribution in [1.82, 2.24) is 19.9 Å². The van der Waals surface area contributed by atoms with Crippen LogP contribution in [-0.4, -0.2) is 38.1 Å². The van der Waals surface area contributed by atoms with Crippen LogP contribution in [0.1, 0.15) is 51.0 Å². The van der Waals surface area contributed by atoms with E-state index in [0.29, 0.717) is 12.2 Å². The van der Waals surface area contributed by atoms with E-state index in [1.807, 2.05) is 27.7 Å². The number of aromatic amines is 1. The van der Waals surface area contributed by atoms with Crippen molar-refractivity contribution < 1.29 is 9.53 Å². The molecule has 23 heavy (non-hydrogen) atoms. The van der Waals surface area contributed by atoms with Gasteiger partial charge in [-0.1, -0.05) is 0 Å². The summed E-state index contributed by atoms with van der Waals surface area (Å²) in [5.41, 5.74) is 2.15. The molecule has 0 saturated carbocycles. The van der Waals surface area contributed by atoms with E-state index in [4.69, 9.17) is 4.74 Å². The number of aromatic nitrogens is 3. The smallest absolute Gasteiger partial charge is 0.410 e. The van der Waals surface area contributed by atoms with E-state index >= 15 is 0 Å². The molecule has 124 valence electrons. The van der Waals surface area contributed by atoms with Crippen molar-refractivity contribution in [2.45, 2.75) is 52.2 Å². The molecule has 2 aromatic rings. The van der Waals surface area contributed by atoms with Crippen LogP contribution in [0.3, 0.4) is 0 Å². The van der Waals surface area contributed by atoms with E-state index in [1.165, 1.54) is 0 Å². The van der Waals surface area contributed by atoms with Crippen LogP contribution in [0, 0.1) is 6.92 Å². The van der Waals surface area contributed by atoms with Gasteiger partial charge >= 0.3 is 6.09 Å². The minimum atomic E-state index is -0.499. The number of amides is 1. The first-order chi connectivity index (χ1) is 10.8. The van der Waals surface area contributed by atoms with Crippen LogP contribution in [0.25, 0.3) is 11.2 Å². The SMILES string of the molecule is Cc1c(Br)cnc2nc(C3CCCN3C(=O)OC(C)(C)C)[nH]c12. The highest BCUT2D eigenvalue weighted by atomic mass is 79.9. The number of nitrogens with zero attached hydrogens (tertiary/aromatic N) is 3. The monoisotopic (exact) mass is 380 g/mol. The number of aryl methyl sites for hydroxylation is 1. The maximum Gasteiger partial charge on any atom is 0.410 e. The second kappa shape index (κ2) is 5.78. The van der Waals surface area contributed by atoms with E-state index < -0.39 is 5.60 Å². The zero-order valence-corrected chi connectivity index (χ0v) is 15.4. The molecule has 1 saturated heterocycles. The zero-order chi connectivity index (χ0) is 16.8. The average molecular weight is 381 g/mol. The van der Waals surface area contributed by atoms with Crippen molar-refractivity contribution in [3.05, 3.63) is 22.1 Å². The highest BCUT2D eigenvalue weighted by Crippen LogP contribution is 2.33. The quantitative estimate of drug-likeness (QED) is 0.807. The van der Waals surface area contributed by atoms with E-state index in [9.17, 15) is 4.79 Å². The first-order valence-corrected chi connectivity index (χ1v) is 8.56. The summed E-state index contributed by atoms with van der Waals surface area (Å²) in [7, 11) is 0. The minimum Gasteiger partial charge on any atom is -0.444 e. The predicted molar refractivity (Wildman–Crippen MR) is 91.2 cm³/mol. The fraction of sp³-hybridized carbons (Fsp3) is 0.562. The van der Waals surface area contributed by atoms with Crippen LogP contribution >= 0.6 is 15.9 Å². The molecule has 0 radical (unpaired) electrons. The van der Waals surface area contributed by atoms with Gasteiger partial charge in [0, 0.05) is 17.2 Å². The molecule has 0 aromatic carbocycles. The summed E-state index contributed by atoms with van der Waals surface area (Å²) in [5.74, 6) is 0.775. The molecule has 1 unspecified atom stereocenters. The number of hydrogen-bond acceptors (Lipinski definition) is 4. The molecule has 3 rings (SSSR count). The number of imidazole rings is 1. The molecular weight excluding hydrogens is 360 g/mol. The number of ether oxygens (including phenoxy) is 1. The van der Waals surface area contributed by atoms with Gasteiger partial charge in [-0.25, -0.2) is 14.8 Å². The van der Waals surface area contributed by atoms with Gasteiger partial charge in [-0.2, -0.15) is 0 Å². The molecule has 3 heterocycles. The summed E-state index contributed by atoms with van der Waals surface area (Å²) in [4.78, 5) is 26.4. The molecular formula is C16H21BrN4O2. The van der Waals surface area contributed by atoms with Crippen molar-refractivity contribution in [3.63, 3.8) is 0 Å². The van der Waals surface area contributed by atoms with Gasteiger partial charge in [0.1, 0.15) is 11.4 Å². The van der Waals surface area contributed by atoms with Crippen molar-refractivity contribution >= 4 is 33.2 Å². The first-order valence-electron chi connectivity index (χ1n) is 7.76. The lowest BCUT2D eigenvalue weighted by Gasteiger charge is -2.27. The van der Waals surface area contributed by atoms with Crippen molar-refractivity contribution in [2.75, 3.05) is 6.54 Å². The Kier molecular flexibility index (Phi) is 4.08. The Hall–Kier alpha value is -1.63. The molecule has 1 fully saturated rings. The predicted octanol–water partition coefficient (Wildman–Crippen LogP) is 4.10. The molecule has 6 nitrogen and oxygen atoms in total. The highest BCUT2D eigenvalue weighted by molar-refractivity contribution is 9.10. The zero-order valence-electron chi connectivity index (χ0n) is 13.8. The molecule has 1 aliphatic rings. The third-order valence-electron chi connectivity index (χ3n) is 3.93. The second-order valence-electron chi connectivity index (χ2n) is 6.88. The van der Waals surface area contributed by atoms with E-state index in [0.717, 1.165) is 34.2 Å². The Bertz CT molecular complexity index is 750. The number of nitrogens with one attached hydrogen (secondary N) is 1. The Morgan fingerprint density at radius 1 is 1.48 bits per heavy atom. The Balaban J connectivity index is 1.91. The fourth-order valence-electron chi connectivity index (χ4n) is 2.82. The second-order valence-corrected chi connectivity index (χ2v) is 7.74. The van der Waals surface area contributed by atoms with Crippen LogP contribution in [0.15, 0.2) is 10.7 Å². The summed E-state index contributed by atoms with van der Waals surface area (Å²) in [6.45, 7) is 8.33. The normalized spacial score (nSPS) is 18.7. The van der Waals surface area contributed by atoms with Gasteiger partial charge in [0.25, 0.3) is 0 Å². The highest BCUT2D eigenvalue weighted by Gasteiger charge is 2.35. The van der Waals surface area contributed by atoms with Gasteiger partial charge < -0.3 is 9.72 Å². The van der Waals surface area contributed by atoms with Crippen molar-refractivity contribution in [3.8, 4) is 0 Å². The van der Waals surface area contributed by atoms with Gasteiger partial charge in [0.05, 0.1) is 11.6 Å². The van der Waals surface area contributed by atoms with Crippen molar-refractivity contribution in [1.29, 1.82) is 0 Å². The number of likely N-dealkylation sites (tertiary alicyclic amines) is 1. The first kappa shape index (κ1) is 16.2. The van der Waals surface area contributed by atoms with Gasteiger partial charge in [-0.3, -0.25) is 4.90 Å². The summed E-state index contributed by atoms with van der Waals surface area (Å²) < 4.78 is 6.45. The molecule has 1 atom stereocenters. The maximum absolute atomic E-state index is 12.4. The van der Waals surface area contributed by atoms with Gasteiger partial charge in [-0.15, -0.1) is 0 Å². The largest absolute Gasteiger partial charge is 0.444 e. The third kappa shape index (κ3) is 3.20. The number of carbonyl (C=O) groups is 1. The summed E-state index contributed by atoms with van der Waals surface area (Å²) in [6, 6.07) is -0.0859. The number of rotatable bonds is 1. The van der Waals surface area contributed by atoms with Crippen LogP contribution < -0.4 is 0 Å². The standard InChI is InChI=1S/C16H21BrN4O2/c1-9-10(17)8-18-14-12(9)19-13(20-14)11-6-5-7-21(11)15(22)23-16(2,3)4/h8,11H,5-7H2,1-4H3,(H,18,19,20).